The molecule has 1 amide bonds. The Morgan fingerprint density at radius 3 is 2.48 bits per heavy atom. The van der Waals surface area contributed by atoms with Crippen LogP contribution in [0.2, 0.25) is 0 Å². The number of hydrogen-bond donors (Lipinski definition) is 1. The third kappa shape index (κ3) is 4.55. The fraction of sp³-hybridized carbons (Fsp3) is 0.375. The number of morpholine rings is 1. The molecule has 2 saturated heterocycles. The third-order valence-electron chi connectivity index (χ3n) is 5.99. The van der Waals surface area contributed by atoms with Gasteiger partial charge in [-0.2, -0.15) is 0 Å². The molecule has 2 aliphatic heterocycles. The van der Waals surface area contributed by atoms with Crippen molar-refractivity contribution < 1.29 is 28.9 Å². The molecular formula is C24H27N3O6. The van der Waals surface area contributed by atoms with E-state index in [-0.39, 0.29) is 11.3 Å². The van der Waals surface area contributed by atoms with Gasteiger partial charge in [0.15, 0.2) is 0 Å². The second-order valence-corrected chi connectivity index (χ2v) is 7.79. The number of nitrogens with zero attached hydrogens (tertiary/aromatic N) is 3. The van der Waals surface area contributed by atoms with E-state index in [9.17, 15) is 14.7 Å². The monoisotopic (exact) mass is 453 g/mol. The number of benzene rings is 1. The minimum Gasteiger partial charge on any atom is -0.507 e. The molecule has 0 saturated carbocycles. The summed E-state index contributed by atoms with van der Waals surface area (Å²) < 4.78 is 16.0. The van der Waals surface area contributed by atoms with Crippen molar-refractivity contribution in [2.24, 2.45) is 0 Å². The van der Waals surface area contributed by atoms with Crippen LogP contribution in [0.15, 0.2) is 48.3 Å². The molecule has 4 rings (SSSR count). The SMILES string of the molecule is COc1ccc(C(O)=C2C(=O)C(=O)N(CCN3CCOCC3)C2c2ccncc2)c(OC)c1. The summed E-state index contributed by atoms with van der Waals surface area (Å²) in [6, 6.07) is 7.64. The first-order valence-corrected chi connectivity index (χ1v) is 10.8. The number of Topliss-reactive ketones (excluding diaryl/α,β-unsaturated/α-hetero) is 1. The van der Waals surface area contributed by atoms with E-state index < -0.39 is 17.7 Å². The fourth-order valence-corrected chi connectivity index (χ4v) is 4.22. The van der Waals surface area contributed by atoms with Gasteiger partial charge in [-0.3, -0.25) is 19.5 Å². The molecule has 1 aromatic heterocycles. The number of amides is 1. The number of likely N-dealkylation sites (tertiary alicyclic amines) is 1. The maximum Gasteiger partial charge on any atom is 0.295 e. The summed E-state index contributed by atoms with van der Waals surface area (Å²) in [4.78, 5) is 34.0. The molecule has 1 atom stereocenters. The van der Waals surface area contributed by atoms with Crippen LogP contribution in [0, 0.1) is 0 Å². The number of aliphatic hydroxyl groups excluding tert-OH is 1. The van der Waals surface area contributed by atoms with Crippen LogP contribution in [0.1, 0.15) is 17.2 Å². The van der Waals surface area contributed by atoms with Gasteiger partial charge in [-0.1, -0.05) is 0 Å². The van der Waals surface area contributed by atoms with E-state index in [1.54, 1.807) is 42.7 Å². The lowest BCUT2D eigenvalue weighted by Gasteiger charge is -2.31. The molecule has 174 valence electrons. The molecule has 3 heterocycles. The number of carbonyl (C=O) groups excluding carboxylic acids is 2. The number of aliphatic hydroxyl groups is 1. The average molecular weight is 453 g/mol. The van der Waals surface area contributed by atoms with Crippen molar-refractivity contribution in [2.45, 2.75) is 6.04 Å². The molecule has 1 N–H and O–H groups in total. The smallest absolute Gasteiger partial charge is 0.295 e. The number of ketones is 1. The van der Waals surface area contributed by atoms with Crippen LogP contribution in [-0.4, -0.2) is 85.2 Å². The van der Waals surface area contributed by atoms with E-state index in [0.29, 0.717) is 48.9 Å². The van der Waals surface area contributed by atoms with E-state index in [2.05, 4.69) is 9.88 Å². The van der Waals surface area contributed by atoms with Crippen molar-refractivity contribution in [1.82, 2.24) is 14.8 Å². The van der Waals surface area contributed by atoms with Crippen LogP contribution in [0.3, 0.4) is 0 Å². The van der Waals surface area contributed by atoms with Crippen molar-refractivity contribution >= 4 is 17.4 Å². The summed E-state index contributed by atoms with van der Waals surface area (Å²) in [6.45, 7) is 3.77. The standard InChI is InChI=1S/C24H27N3O6/c1-31-17-3-4-18(19(15-17)32-2)22(28)20-21(16-5-7-25-8-6-16)27(24(30)23(20)29)10-9-26-11-13-33-14-12-26/h3-8,15,21,28H,9-14H2,1-2H3. The lowest BCUT2D eigenvalue weighted by atomic mass is 9.95. The Morgan fingerprint density at radius 1 is 1.09 bits per heavy atom. The van der Waals surface area contributed by atoms with Crippen LogP contribution >= 0.6 is 0 Å². The van der Waals surface area contributed by atoms with E-state index in [1.807, 2.05) is 0 Å². The third-order valence-corrected chi connectivity index (χ3v) is 5.99. The number of hydrogen-bond acceptors (Lipinski definition) is 8. The molecule has 1 unspecified atom stereocenters. The molecule has 0 aliphatic carbocycles. The summed E-state index contributed by atoms with van der Waals surface area (Å²) in [5, 5.41) is 11.3. The van der Waals surface area contributed by atoms with E-state index in [4.69, 9.17) is 14.2 Å². The topological polar surface area (TPSA) is 101 Å². The average Bonchev–Trinajstić information content (AvgIpc) is 3.12. The number of methoxy groups -OCH3 is 2. The van der Waals surface area contributed by atoms with Gasteiger partial charge < -0.3 is 24.2 Å². The first-order chi connectivity index (χ1) is 16.0. The summed E-state index contributed by atoms with van der Waals surface area (Å²) in [5.41, 5.74) is 1.03. The van der Waals surface area contributed by atoms with Gasteiger partial charge in [-0.05, 0) is 29.8 Å². The predicted molar refractivity (Wildman–Crippen MR) is 120 cm³/mol. The molecule has 2 fully saturated rings. The zero-order valence-electron chi connectivity index (χ0n) is 18.7. The Hall–Kier alpha value is -3.43. The fourth-order valence-electron chi connectivity index (χ4n) is 4.22. The zero-order valence-corrected chi connectivity index (χ0v) is 18.7. The quantitative estimate of drug-likeness (QED) is 0.385. The molecule has 2 aliphatic rings. The van der Waals surface area contributed by atoms with Crippen LogP contribution in [0.5, 0.6) is 11.5 Å². The molecule has 33 heavy (non-hydrogen) atoms. The summed E-state index contributed by atoms with van der Waals surface area (Å²) in [7, 11) is 2.99. The lowest BCUT2D eigenvalue weighted by Crippen LogP contribution is -2.42. The maximum absolute atomic E-state index is 13.2. The van der Waals surface area contributed by atoms with Crippen molar-refractivity contribution in [3.8, 4) is 11.5 Å². The van der Waals surface area contributed by atoms with Gasteiger partial charge in [0.05, 0.1) is 44.6 Å². The zero-order chi connectivity index (χ0) is 23.4. The molecule has 0 radical (unpaired) electrons. The predicted octanol–water partition coefficient (Wildman–Crippen LogP) is 1.85. The number of rotatable bonds is 7. The van der Waals surface area contributed by atoms with E-state index in [0.717, 1.165) is 13.1 Å². The van der Waals surface area contributed by atoms with Crippen LogP contribution in [0.25, 0.3) is 5.76 Å². The van der Waals surface area contributed by atoms with Crippen molar-refractivity contribution in [3.05, 3.63) is 59.4 Å². The second-order valence-electron chi connectivity index (χ2n) is 7.79. The van der Waals surface area contributed by atoms with E-state index >= 15 is 0 Å². The molecular weight excluding hydrogens is 426 g/mol. The Morgan fingerprint density at radius 2 is 1.82 bits per heavy atom. The van der Waals surface area contributed by atoms with Gasteiger partial charge >= 0.3 is 0 Å². The van der Waals surface area contributed by atoms with Gasteiger partial charge in [0.2, 0.25) is 0 Å². The molecule has 2 aromatic rings. The first-order valence-electron chi connectivity index (χ1n) is 10.8. The van der Waals surface area contributed by atoms with Gasteiger partial charge in [0.25, 0.3) is 11.7 Å². The highest BCUT2D eigenvalue weighted by Crippen LogP contribution is 2.41. The first kappa shape index (κ1) is 22.8. The number of aromatic nitrogens is 1. The highest BCUT2D eigenvalue weighted by atomic mass is 16.5. The van der Waals surface area contributed by atoms with Crippen molar-refractivity contribution in [1.29, 1.82) is 0 Å². The minimum atomic E-state index is -0.735. The van der Waals surface area contributed by atoms with Gasteiger partial charge in [0, 0.05) is 44.6 Å². The largest absolute Gasteiger partial charge is 0.507 e. The van der Waals surface area contributed by atoms with Crippen molar-refractivity contribution in [2.75, 3.05) is 53.6 Å². The normalized spacial score (nSPS) is 20.8. The Kier molecular flexibility index (Phi) is 6.90. The van der Waals surface area contributed by atoms with Gasteiger partial charge in [-0.25, -0.2) is 0 Å². The number of pyridine rings is 1. The van der Waals surface area contributed by atoms with E-state index in [1.165, 1.54) is 19.1 Å². The number of ether oxygens (including phenoxy) is 3. The highest BCUT2D eigenvalue weighted by Gasteiger charge is 2.46. The molecule has 0 bridgehead atoms. The molecule has 1 aromatic carbocycles. The molecule has 9 nitrogen and oxygen atoms in total. The van der Waals surface area contributed by atoms with Gasteiger partial charge in [-0.15, -0.1) is 0 Å². The Balaban J connectivity index is 1.75. The maximum atomic E-state index is 13.2. The second kappa shape index (κ2) is 10.0. The lowest BCUT2D eigenvalue weighted by molar-refractivity contribution is -0.140. The minimum absolute atomic E-state index is 0.0247. The number of carbonyl (C=O) groups is 2. The van der Waals surface area contributed by atoms with Crippen LogP contribution in [0.4, 0.5) is 0 Å². The Bertz CT molecular complexity index is 1050. The van der Waals surface area contributed by atoms with Crippen LogP contribution in [-0.2, 0) is 14.3 Å². The van der Waals surface area contributed by atoms with Gasteiger partial charge in [0.1, 0.15) is 17.3 Å². The van der Waals surface area contributed by atoms with Crippen molar-refractivity contribution in [3.63, 3.8) is 0 Å². The Labute approximate surface area is 192 Å². The molecule has 0 spiro atoms. The molecule has 9 heteroatoms. The highest BCUT2D eigenvalue weighted by molar-refractivity contribution is 6.46. The summed E-state index contributed by atoms with van der Waals surface area (Å²) in [5.74, 6) is -0.781. The van der Waals surface area contributed by atoms with Crippen LogP contribution < -0.4 is 9.47 Å². The summed E-state index contributed by atoms with van der Waals surface area (Å²) in [6.07, 6.45) is 3.21. The summed E-state index contributed by atoms with van der Waals surface area (Å²) >= 11 is 0.